The van der Waals surface area contributed by atoms with Gasteiger partial charge in [-0.25, -0.2) is 4.79 Å². The number of ether oxygens (including phenoxy) is 2. The Morgan fingerprint density at radius 2 is 2.00 bits per heavy atom. The van der Waals surface area contributed by atoms with Gasteiger partial charge in [0.25, 0.3) is 0 Å². The molecule has 0 aliphatic carbocycles. The van der Waals surface area contributed by atoms with Crippen molar-refractivity contribution >= 4 is 6.09 Å². The summed E-state index contributed by atoms with van der Waals surface area (Å²) in [6.45, 7) is 5.87. The number of hydrogen-bond donors (Lipinski definition) is 0. The Labute approximate surface area is 160 Å². The van der Waals surface area contributed by atoms with Crippen LogP contribution in [0.5, 0.6) is 0 Å². The Kier molecular flexibility index (Phi) is 5.12. The van der Waals surface area contributed by atoms with Gasteiger partial charge in [0.1, 0.15) is 6.61 Å². The minimum atomic E-state index is -0.236. The molecular formula is C22H26N2O3. The zero-order chi connectivity index (χ0) is 18.8. The maximum absolute atomic E-state index is 12.3. The highest BCUT2D eigenvalue weighted by Crippen LogP contribution is 2.33. The van der Waals surface area contributed by atoms with Gasteiger partial charge in [-0.15, -0.1) is 0 Å². The smallest absolute Gasteiger partial charge is 0.410 e. The van der Waals surface area contributed by atoms with Crippen LogP contribution >= 0.6 is 0 Å². The van der Waals surface area contributed by atoms with Crippen molar-refractivity contribution in [2.45, 2.75) is 45.3 Å². The predicted molar refractivity (Wildman–Crippen MR) is 104 cm³/mol. The maximum atomic E-state index is 12.3. The largest absolute Gasteiger partial charge is 0.447 e. The molecule has 2 aliphatic heterocycles. The van der Waals surface area contributed by atoms with E-state index in [9.17, 15) is 4.79 Å². The van der Waals surface area contributed by atoms with Gasteiger partial charge in [-0.1, -0.05) is 24.3 Å². The highest BCUT2D eigenvalue weighted by molar-refractivity contribution is 5.71. The summed E-state index contributed by atoms with van der Waals surface area (Å²) in [7, 11) is 0. The number of cyclic esters (lactones) is 1. The molecule has 1 amide bonds. The number of pyridine rings is 1. The minimum Gasteiger partial charge on any atom is -0.447 e. The van der Waals surface area contributed by atoms with E-state index in [1.165, 1.54) is 0 Å². The lowest BCUT2D eigenvalue weighted by atomic mass is 9.96. The molecule has 0 N–H and O–H groups in total. The number of aromatic nitrogens is 1. The van der Waals surface area contributed by atoms with E-state index >= 15 is 0 Å². The summed E-state index contributed by atoms with van der Waals surface area (Å²) in [6, 6.07) is 10.5. The lowest BCUT2D eigenvalue weighted by molar-refractivity contribution is -0.00195. The van der Waals surface area contributed by atoms with Gasteiger partial charge in [0.05, 0.1) is 18.7 Å². The van der Waals surface area contributed by atoms with E-state index < -0.39 is 0 Å². The molecule has 0 radical (unpaired) electrons. The number of nitrogens with zero attached hydrogens (tertiary/aromatic N) is 2. The molecule has 2 atom stereocenters. The molecule has 0 saturated carbocycles. The highest BCUT2D eigenvalue weighted by atomic mass is 16.6. The summed E-state index contributed by atoms with van der Waals surface area (Å²) in [4.78, 5) is 18.5. The zero-order valence-electron chi connectivity index (χ0n) is 16.0. The number of aryl methyl sites for hydroxylation is 2. The Hall–Kier alpha value is -2.40. The van der Waals surface area contributed by atoms with Crippen LogP contribution in [-0.2, 0) is 9.47 Å². The first-order valence-corrected chi connectivity index (χ1v) is 9.70. The van der Waals surface area contributed by atoms with Crippen LogP contribution in [0.3, 0.4) is 0 Å². The van der Waals surface area contributed by atoms with Gasteiger partial charge >= 0.3 is 6.09 Å². The summed E-state index contributed by atoms with van der Waals surface area (Å²) in [5, 5.41) is 0. The van der Waals surface area contributed by atoms with Crippen molar-refractivity contribution in [1.82, 2.24) is 9.88 Å². The normalized spacial score (nSPS) is 22.7. The van der Waals surface area contributed by atoms with Crippen LogP contribution in [0.15, 0.2) is 36.5 Å². The number of rotatable bonds is 4. The Bertz CT molecular complexity index is 813. The van der Waals surface area contributed by atoms with Crippen LogP contribution in [-0.4, -0.2) is 41.8 Å². The van der Waals surface area contributed by atoms with Gasteiger partial charge in [-0.3, -0.25) is 9.88 Å². The van der Waals surface area contributed by atoms with Crippen LogP contribution in [0.2, 0.25) is 0 Å². The van der Waals surface area contributed by atoms with E-state index in [0.717, 1.165) is 53.8 Å². The van der Waals surface area contributed by atoms with Crippen molar-refractivity contribution in [2.75, 3.05) is 19.8 Å². The predicted octanol–water partition coefficient (Wildman–Crippen LogP) is 4.43. The van der Waals surface area contributed by atoms with E-state index in [1.54, 1.807) is 0 Å². The standard InChI is InChI=1S/C22H26N2O3/c1-15-11-17(18-7-6-16(2)23-12-18)8-9-20(15)21-14-27-22(25)24(21)13-19-5-3-4-10-26-19/h6-9,11-12,19,21H,3-5,10,13-14H2,1-2H3. The topological polar surface area (TPSA) is 51.7 Å². The van der Waals surface area contributed by atoms with Crippen molar-refractivity contribution in [3.63, 3.8) is 0 Å². The average molecular weight is 366 g/mol. The minimum absolute atomic E-state index is 0.0479. The molecule has 142 valence electrons. The molecular weight excluding hydrogens is 340 g/mol. The highest BCUT2D eigenvalue weighted by Gasteiger charge is 2.36. The number of amides is 1. The van der Waals surface area contributed by atoms with Gasteiger partial charge in [-0.05, 0) is 55.9 Å². The summed E-state index contributed by atoms with van der Waals surface area (Å²) in [5.41, 5.74) is 5.54. The zero-order valence-corrected chi connectivity index (χ0v) is 16.0. The van der Waals surface area contributed by atoms with Crippen molar-refractivity contribution in [1.29, 1.82) is 0 Å². The van der Waals surface area contributed by atoms with Gasteiger partial charge in [0, 0.05) is 24.1 Å². The fraction of sp³-hybridized carbons (Fsp3) is 0.455. The quantitative estimate of drug-likeness (QED) is 0.803. The summed E-state index contributed by atoms with van der Waals surface area (Å²) < 4.78 is 11.2. The van der Waals surface area contributed by atoms with Crippen LogP contribution in [0.25, 0.3) is 11.1 Å². The van der Waals surface area contributed by atoms with E-state index in [1.807, 2.05) is 24.1 Å². The molecule has 2 aromatic rings. The van der Waals surface area contributed by atoms with Crippen molar-refractivity contribution in [3.8, 4) is 11.1 Å². The lowest BCUT2D eigenvalue weighted by Crippen LogP contribution is -2.38. The fourth-order valence-corrected chi connectivity index (χ4v) is 3.95. The third kappa shape index (κ3) is 3.83. The summed E-state index contributed by atoms with van der Waals surface area (Å²) >= 11 is 0. The monoisotopic (exact) mass is 366 g/mol. The van der Waals surface area contributed by atoms with Crippen LogP contribution in [0.1, 0.15) is 42.1 Å². The molecule has 0 spiro atoms. The van der Waals surface area contributed by atoms with E-state index in [4.69, 9.17) is 9.47 Å². The Morgan fingerprint density at radius 3 is 2.70 bits per heavy atom. The molecule has 4 rings (SSSR count). The summed E-state index contributed by atoms with van der Waals surface area (Å²) in [5.74, 6) is 0. The first kappa shape index (κ1) is 18.0. The molecule has 2 saturated heterocycles. The first-order valence-electron chi connectivity index (χ1n) is 9.70. The summed E-state index contributed by atoms with van der Waals surface area (Å²) in [6.07, 6.45) is 5.06. The van der Waals surface area contributed by atoms with Crippen molar-refractivity contribution in [2.24, 2.45) is 0 Å². The number of hydrogen-bond acceptors (Lipinski definition) is 4. The molecule has 2 aliphatic rings. The number of carbonyl (C=O) groups is 1. The van der Waals surface area contributed by atoms with Gasteiger partial charge in [-0.2, -0.15) is 0 Å². The average Bonchev–Trinajstić information content (AvgIpc) is 3.03. The van der Waals surface area contributed by atoms with Crippen molar-refractivity contribution in [3.05, 3.63) is 53.3 Å². The number of benzene rings is 1. The number of carbonyl (C=O) groups excluding carboxylic acids is 1. The molecule has 2 unspecified atom stereocenters. The second-order valence-corrected chi connectivity index (χ2v) is 7.49. The molecule has 2 fully saturated rings. The molecule has 5 nitrogen and oxygen atoms in total. The van der Waals surface area contributed by atoms with E-state index in [0.29, 0.717) is 13.2 Å². The molecule has 5 heteroatoms. The SMILES string of the molecule is Cc1ccc(-c2ccc(C3COC(=O)N3CC3CCCCO3)c(C)c2)cn1. The van der Waals surface area contributed by atoms with Gasteiger partial charge in [0.15, 0.2) is 0 Å². The second-order valence-electron chi connectivity index (χ2n) is 7.49. The van der Waals surface area contributed by atoms with Crippen LogP contribution < -0.4 is 0 Å². The van der Waals surface area contributed by atoms with Crippen molar-refractivity contribution < 1.29 is 14.3 Å². The van der Waals surface area contributed by atoms with Gasteiger partial charge in [0.2, 0.25) is 0 Å². The first-order chi connectivity index (χ1) is 13.1. The van der Waals surface area contributed by atoms with E-state index in [-0.39, 0.29) is 18.2 Å². The molecule has 3 heterocycles. The molecule has 1 aromatic carbocycles. The molecule has 27 heavy (non-hydrogen) atoms. The third-order valence-electron chi connectivity index (χ3n) is 5.52. The molecule has 0 bridgehead atoms. The maximum Gasteiger partial charge on any atom is 0.410 e. The second kappa shape index (κ2) is 7.69. The lowest BCUT2D eigenvalue weighted by Gasteiger charge is -2.29. The van der Waals surface area contributed by atoms with Gasteiger partial charge < -0.3 is 9.47 Å². The fourth-order valence-electron chi connectivity index (χ4n) is 3.95. The van der Waals surface area contributed by atoms with Crippen LogP contribution in [0, 0.1) is 13.8 Å². The Morgan fingerprint density at radius 1 is 1.15 bits per heavy atom. The third-order valence-corrected chi connectivity index (χ3v) is 5.52. The Balaban J connectivity index is 1.55. The molecule has 1 aromatic heterocycles. The van der Waals surface area contributed by atoms with Crippen LogP contribution in [0.4, 0.5) is 4.79 Å². The van der Waals surface area contributed by atoms with E-state index in [2.05, 4.69) is 36.2 Å².